The van der Waals surface area contributed by atoms with Gasteiger partial charge in [0.15, 0.2) is 0 Å². The average Bonchev–Trinajstić information content (AvgIpc) is 2.34. The Morgan fingerprint density at radius 3 is 2.44 bits per heavy atom. The molecule has 100 valence electrons. The van der Waals surface area contributed by atoms with Crippen LogP contribution in [0.2, 0.25) is 0 Å². The third-order valence-corrected chi connectivity index (χ3v) is 3.15. The van der Waals surface area contributed by atoms with Gasteiger partial charge in [-0.3, -0.25) is 0 Å². The molecule has 0 radical (unpaired) electrons. The minimum Gasteiger partial charge on any atom is -0.389 e. The smallest absolute Gasteiger partial charge is 0.106 e. The van der Waals surface area contributed by atoms with Crippen molar-refractivity contribution >= 4 is 22.9 Å². The van der Waals surface area contributed by atoms with Crippen molar-refractivity contribution in [3.05, 3.63) is 29.8 Å². The maximum atomic E-state index is 5.78. The summed E-state index contributed by atoms with van der Waals surface area (Å²) < 4.78 is 0. The lowest BCUT2D eigenvalue weighted by atomic mass is 10.1. The van der Waals surface area contributed by atoms with E-state index in [-0.39, 0.29) is 0 Å². The second-order valence-electron chi connectivity index (χ2n) is 4.62. The van der Waals surface area contributed by atoms with Crippen LogP contribution in [-0.2, 0) is 0 Å². The van der Waals surface area contributed by atoms with Crippen molar-refractivity contribution in [1.29, 1.82) is 0 Å². The number of nitrogens with zero attached hydrogens (tertiary/aromatic N) is 2. The Labute approximate surface area is 116 Å². The molecule has 0 spiro atoms. The first-order valence-electron chi connectivity index (χ1n) is 6.34. The predicted molar refractivity (Wildman–Crippen MR) is 83.4 cm³/mol. The Bertz CT molecular complexity index is 390. The van der Waals surface area contributed by atoms with E-state index in [1.54, 1.807) is 0 Å². The molecule has 3 nitrogen and oxygen atoms in total. The normalized spacial score (nSPS) is 10.7. The van der Waals surface area contributed by atoms with Gasteiger partial charge in [-0.2, -0.15) is 0 Å². The molecule has 0 aromatic heterocycles. The highest BCUT2D eigenvalue weighted by molar-refractivity contribution is 7.80. The number of thiocarbonyl (C=S) groups is 1. The number of nitrogens with two attached hydrogens (primary N) is 1. The minimum atomic E-state index is 0.469. The van der Waals surface area contributed by atoms with E-state index in [1.165, 1.54) is 0 Å². The van der Waals surface area contributed by atoms with E-state index < -0.39 is 0 Å². The van der Waals surface area contributed by atoms with E-state index in [4.69, 9.17) is 18.0 Å². The maximum Gasteiger partial charge on any atom is 0.106 e. The second kappa shape index (κ2) is 7.34. The van der Waals surface area contributed by atoms with Crippen LogP contribution in [0.4, 0.5) is 5.69 Å². The molecular weight excluding hydrogens is 242 g/mol. The molecule has 1 aromatic carbocycles. The van der Waals surface area contributed by atoms with Gasteiger partial charge in [-0.05, 0) is 46.1 Å². The van der Waals surface area contributed by atoms with Gasteiger partial charge in [-0.25, -0.2) is 0 Å². The molecule has 2 N–H and O–H groups in total. The zero-order valence-corrected chi connectivity index (χ0v) is 12.3. The average molecular weight is 265 g/mol. The van der Waals surface area contributed by atoms with Gasteiger partial charge < -0.3 is 15.5 Å². The third kappa shape index (κ3) is 4.27. The van der Waals surface area contributed by atoms with Gasteiger partial charge in [-0.15, -0.1) is 0 Å². The van der Waals surface area contributed by atoms with Crippen molar-refractivity contribution in [3.8, 4) is 0 Å². The standard InChI is InChI=1S/C14H23N3S/c1-4-17(11-7-10-16(2)3)13-9-6-5-8-12(13)14(15)18/h5-6,8-9H,4,7,10-11H2,1-3H3,(H2,15,18). The molecule has 0 heterocycles. The number of anilines is 1. The summed E-state index contributed by atoms with van der Waals surface area (Å²) in [6.07, 6.45) is 1.13. The molecule has 0 aliphatic rings. The molecule has 0 amide bonds. The zero-order valence-electron chi connectivity index (χ0n) is 11.5. The molecule has 1 aromatic rings. The largest absolute Gasteiger partial charge is 0.389 e. The quantitative estimate of drug-likeness (QED) is 0.765. The van der Waals surface area contributed by atoms with E-state index in [1.807, 2.05) is 18.2 Å². The number of hydrogen-bond donors (Lipinski definition) is 1. The summed E-state index contributed by atoms with van der Waals surface area (Å²) in [5.74, 6) is 0. The minimum absolute atomic E-state index is 0.469. The fourth-order valence-electron chi connectivity index (χ4n) is 1.98. The van der Waals surface area contributed by atoms with Gasteiger partial charge in [-0.1, -0.05) is 24.4 Å². The van der Waals surface area contributed by atoms with Gasteiger partial charge in [0.05, 0.1) is 0 Å². The number of para-hydroxylation sites is 1. The van der Waals surface area contributed by atoms with Crippen LogP contribution in [-0.4, -0.2) is 43.6 Å². The van der Waals surface area contributed by atoms with Crippen molar-refractivity contribution in [2.45, 2.75) is 13.3 Å². The molecule has 0 fully saturated rings. The summed E-state index contributed by atoms with van der Waals surface area (Å²) in [5.41, 5.74) is 7.90. The van der Waals surface area contributed by atoms with Gasteiger partial charge >= 0.3 is 0 Å². The summed E-state index contributed by atoms with van der Waals surface area (Å²) in [5, 5.41) is 0. The Morgan fingerprint density at radius 2 is 1.89 bits per heavy atom. The molecular formula is C14H23N3S. The van der Waals surface area contributed by atoms with Crippen LogP contribution in [0.15, 0.2) is 24.3 Å². The van der Waals surface area contributed by atoms with Crippen molar-refractivity contribution in [2.75, 3.05) is 38.6 Å². The SMILES string of the molecule is CCN(CCCN(C)C)c1ccccc1C(N)=S. The second-order valence-corrected chi connectivity index (χ2v) is 5.06. The van der Waals surface area contributed by atoms with Crippen LogP contribution in [0.3, 0.4) is 0 Å². The van der Waals surface area contributed by atoms with E-state index in [0.29, 0.717) is 4.99 Å². The maximum absolute atomic E-state index is 5.78. The third-order valence-electron chi connectivity index (χ3n) is 2.93. The molecule has 0 aliphatic heterocycles. The van der Waals surface area contributed by atoms with Crippen molar-refractivity contribution in [1.82, 2.24) is 4.90 Å². The monoisotopic (exact) mass is 265 g/mol. The lowest BCUT2D eigenvalue weighted by Crippen LogP contribution is -2.29. The first-order valence-corrected chi connectivity index (χ1v) is 6.75. The van der Waals surface area contributed by atoms with Crippen LogP contribution in [0.1, 0.15) is 18.9 Å². The lowest BCUT2D eigenvalue weighted by molar-refractivity contribution is 0.400. The summed E-state index contributed by atoms with van der Waals surface area (Å²) in [7, 11) is 4.19. The highest BCUT2D eigenvalue weighted by Gasteiger charge is 2.10. The van der Waals surface area contributed by atoms with Crippen molar-refractivity contribution in [2.24, 2.45) is 5.73 Å². The van der Waals surface area contributed by atoms with Crippen molar-refractivity contribution in [3.63, 3.8) is 0 Å². The Kier molecular flexibility index (Phi) is 6.09. The summed E-state index contributed by atoms with van der Waals surface area (Å²) in [4.78, 5) is 5.00. The number of rotatable bonds is 7. The Morgan fingerprint density at radius 1 is 1.22 bits per heavy atom. The molecule has 4 heteroatoms. The number of hydrogen-bond acceptors (Lipinski definition) is 3. The van der Waals surface area contributed by atoms with Crippen LogP contribution in [0.5, 0.6) is 0 Å². The molecule has 1 rings (SSSR count). The van der Waals surface area contributed by atoms with E-state index in [9.17, 15) is 0 Å². The van der Waals surface area contributed by atoms with Crippen LogP contribution in [0.25, 0.3) is 0 Å². The molecule has 0 aliphatic carbocycles. The first kappa shape index (κ1) is 14.9. The van der Waals surface area contributed by atoms with Gasteiger partial charge in [0, 0.05) is 24.3 Å². The van der Waals surface area contributed by atoms with Crippen LogP contribution in [0, 0.1) is 0 Å². The number of benzene rings is 1. The molecule has 0 bridgehead atoms. The highest BCUT2D eigenvalue weighted by Crippen LogP contribution is 2.20. The first-order chi connectivity index (χ1) is 8.56. The lowest BCUT2D eigenvalue weighted by Gasteiger charge is -2.26. The topological polar surface area (TPSA) is 32.5 Å². The fourth-order valence-corrected chi connectivity index (χ4v) is 2.16. The van der Waals surface area contributed by atoms with Gasteiger partial charge in [0.25, 0.3) is 0 Å². The summed E-state index contributed by atoms with van der Waals surface area (Å²) in [6.45, 7) is 5.24. The Balaban J connectivity index is 2.78. The summed E-state index contributed by atoms with van der Waals surface area (Å²) in [6, 6.07) is 8.09. The van der Waals surface area contributed by atoms with Crippen LogP contribution >= 0.6 is 12.2 Å². The van der Waals surface area contributed by atoms with E-state index >= 15 is 0 Å². The van der Waals surface area contributed by atoms with Crippen LogP contribution < -0.4 is 10.6 Å². The van der Waals surface area contributed by atoms with Gasteiger partial charge in [0.2, 0.25) is 0 Å². The van der Waals surface area contributed by atoms with Gasteiger partial charge in [0.1, 0.15) is 4.99 Å². The summed E-state index contributed by atoms with van der Waals surface area (Å²) >= 11 is 5.11. The molecule has 0 atom stereocenters. The van der Waals surface area contributed by atoms with E-state index in [0.717, 1.165) is 37.3 Å². The molecule has 0 saturated heterocycles. The van der Waals surface area contributed by atoms with E-state index in [2.05, 4.69) is 36.9 Å². The van der Waals surface area contributed by atoms with Crippen molar-refractivity contribution < 1.29 is 0 Å². The molecule has 0 unspecified atom stereocenters. The zero-order chi connectivity index (χ0) is 13.5. The Hall–Kier alpha value is -1.13. The molecule has 18 heavy (non-hydrogen) atoms. The molecule has 0 saturated carbocycles. The predicted octanol–water partition coefficient (Wildman–Crippen LogP) is 2.10. The highest BCUT2D eigenvalue weighted by atomic mass is 32.1. The fraction of sp³-hybridized carbons (Fsp3) is 0.500.